The Hall–Kier alpha value is -2.06. The summed E-state index contributed by atoms with van der Waals surface area (Å²) in [5, 5.41) is 5.95. The zero-order valence-corrected chi connectivity index (χ0v) is 24.3. The van der Waals surface area contributed by atoms with E-state index in [1.165, 1.54) is 37.2 Å². The Kier molecular flexibility index (Phi) is 6.20. The van der Waals surface area contributed by atoms with Crippen molar-refractivity contribution in [2.45, 2.75) is 51.0 Å². The van der Waals surface area contributed by atoms with Gasteiger partial charge in [-0.1, -0.05) is 0 Å². The summed E-state index contributed by atoms with van der Waals surface area (Å²) < 4.78 is 9.29. The molecule has 0 amide bonds. The van der Waals surface area contributed by atoms with Crippen LogP contribution in [0, 0.1) is 5.41 Å². The van der Waals surface area contributed by atoms with Gasteiger partial charge in [0.05, 0.1) is 0 Å². The van der Waals surface area contributed by atoms with E-state index in [1.54, 1.807) is 15.0 Å². The van der Waals surface area contributed by atoms with Crippen LogP contribution in [-0.4, -0.2) is 7.11 Å². The van der Waals surface area contributed by atoms with Gasteiger partial charge >= 0.3 is 220 Å². The molecule has 180 valence electrons. The van der Waals surface area contributed by atoms with Gasteiger partial charge in [-0.3, -0.25) is 0 Å². The van der Waals surface area contributed by atoms with Gasteiger partial charge in [0.15, 0.2) is 0 Å². The van der Waals surface area contributed by atoms with E-state index in [4.69, 9.17) is 16.3 Å². The molecule has 3 aromatic rings. The number of ether oxygens (including phenoxy) is 1. The molecule has 3 heteroatoms. The van der Waals surface area contributed by atoms with Gasteiger partial charge in [0, 0.05) is 0 Å². The summed E-state index contributed by atoms with van der Waals surface area (Å²) in [5.41, 5.74) is 11.1. The molecule has 0 atom stereocenters. The van der Waals surface area contributed by atoms with Crippen LogP contribution in [0.2, 0.25) is 15.5 Å². The maximum atomic E-state index is 6.43. The number of hydrogen-bond acceptors (Lipinski definition) is 1. The SMILES string of the molecule is COc1c[c]([Ti]([CH3])([CH3])[C]2=C(C)CC=C2C(C)(C)C)c(-c2ccccc2)c2c1-c1ccc(Cl)cc1C2. The Labute approximate surface area is 219 Å². The third-order valence-electron chi connectivity index (χ3n) is 7.80. The van der Waals surface area contributed by atoms with E-state index in [2.05, 4.69) is 92.8 Å². The molecular weight excluding hydrogens is 484 g/mol. The fourth-order valence-corrected chi connectivity index (χ4v) is 12.7. The molecular formula is C32H35ClOTi. The van der Waals surface area contributed by atoms with Crippen molar-refractivity contribution in [3.63, 3.8) is 0 Å². The second-order valence-electron chi connectivity index (χ2n) is 11.6. The molecule has 0 fully saturated rings. The first-order chi connectivity index (χ1) is 16.5. The number of fused-ring (bicyclic) bond motifs is 3. The Balaban J connectivity index is 1.83. The normalized spacial score (nSPS) is 15.3. The predicted molar refractivity (Wildman–Crippen MR) is 148 cm³/mol. The zero-order valence-electron chi connectivity index (χ0n) is 22.0. The van der Waals surface area contributed by atoms with E-state index in [0.717, 1.165) is 23.6 Å². The number of benzene rings is 3. The van der Waals surface area contributed by atoms with Crippen LogP contribution in [-0.2, 0) is 23.0 Å². The van der Waals surface area contributed by atoms with Gasteiger partial charge in [0.1, 0.15) is 0 Å². The van der Waals surface area contributed by atoms with Gasteiger partial charge < -0.3 is 0 Å². The van der Waals surface area contributed by atoms with Crippen molar-refractivity contribution in [3.05, 3.63) is 91.8 Å². The summed E-state index contributed by atoms with van der Waals surface area (Å²) in [5.74, 6) is 0.993. The van der Waals surface area contributed by atoms with Gasteiger partial charge in [-0.05, 0) is 0 Å². The Bertz CT molecular complexity index is 1390. The van der Waals surface area contributed by atoms with Gasteiger partial charge in [0.25, 0.3) is 0 Å². The van der Waals surface area contributed by atoms with E-state index < -0.39 is 16.6 Å². The number of halogens is 1. The summed E-state index contributed by atoms with van der Waals surface area (Å²) in [6.45, 7) is 9.43. The molecule has 1 nitrogen and oxygen atoms in total. The van der Waals surface area contributed by atoms with Crippen LogP contribution in [0.4, 0.5) is 0 Å². The van der Waals surface area contributed by atoms with E-state index in [0.29, 0.717) is 0 Å². The van der Waals surface area contributed by atoms with Crippen LogP contribution in [0.15, 0.2) is 75.7 Å². The molecule has 0 saturated heterocycles. The van der Waals surface area contributed by atoms with Crippen molar-refractivity contribution >= 4 is 15.5 Å². The quantitative estimate of drug-likeness (QED) is 0.245. The second kappa shape index (κ2) is 8.80. The average molecular weight is 519 g/mol. The van der Waals surface area contributed by atoms with Crippen LogP contribution < -0.4 is 8.61 Å². The summed E-state index contributed by atoms with van der Waals surface area (Å²) in [4.78, 5) is 0. The van der Waals surface area contributed by atoms with Crippen LogP contribution in [0.25, 0.3) is 22.3 Å². The van der Waals surface area contributed by atoms with Gasteiger partial charge in [-0.2, -0.15) is 0 Å². The van der Waals surface area contributed by atoms with Crippen molar-refractivity contribution < 1.29 is 21.3 Å². The maximum absolute atomic E-state index is 6.43. The molecule has 0 saturated carbocycles. The molecule has 2 aliphatic rings. The Morgan fingerprint density at radius 3 is 2.31 bits per heavy atom. The molecule has 0 unspecified atom stereocenters. The summed E-state index contributed by atoms with van der Waals surface area (Å²) in [6.07, 6.45) is 4.45. The second-order valence-corrected chi connectivity index (χ2v) is 18.7. The van der Waals surface area contributed by atoms with E-state index in [1.807, 2.05) is 13.2 Å². The molecule has 0 N–H and O–H groups in total. The summed E-state index contributed by atoms with van der Waals surface area (Å²) >= 11 is 3.65. The standard InChI is InChI=1S/C20H14ClO.C10H15.2CH3.Ti/c1-22-19-10-9-16(13-5-3-2-4-6-13)18-12-14-11-15(21)7-8-17(14)20(18)19;1-8-5-6-9(7-8)10(2,3)4;;;/h2-8,10-11H,12H2,1H3;6H,5H2,1-4H3;2*1H3;. The first kappa shape index (κ1) is 24.6. The van der Waals surface area contributed by atoms with E-state index in [-0.39, 0.29) is 5.41 Å². The first-order valence-corrected chi connectivity index (χ1v) is 17.6. The van der Waals surface area contributed by atoms with Crippen LogP contribution in [0.1, 0.15) is 45.2 Å². The predicted octanol–water partition coefficient (Wildman–Crippen LogP) is 9.11. The molecule has 5 rings (SSSR count). The van der Waals surface area contributed by atoms with Crippen molar-refractivity contribution in [2.24, 2.45) is 5.41 Å². The number of hydrogen-bond donors (Lipinski definition) is 0. The van der Waals surface area contributed by atoms with Crippen LogP contribution in [0.5, 0.6) is 5.75 Å². The minimum absolute atomic E-state index is 0.135. The molecule has 0 spiro atoms. The van der Waals surface area contributed by atoms with E-state index in [9.17, 15) is 0 Å². The zero-order chi connectivity index (χ0) is 25.1. The molecule has 0 heterocycles. The fraction of sp³-hybridized carbons (Fsp3) is 0.312. The first-order valence-electron chi connectivity index (χ1n) is 12.5. The molecule has 0 aromatic heterocycles. The van der Waals surface area contributed by atoms with Crippen molar-refractivity contribution in [1.82, 2.24) is 0 Å². The fourth-order valence-electron chi connectivity index (χ4n) is 6.29. The van der Waals surface area contributed by atoms with Crippen LogP contribution in [0.3, 0.4) is 0 Å². The number of methoxy groups -OCH3 is 1. The summed E-state index contributed by atoms with van der Waals surface area (Å²) in [7, 11) is 1.82. The van der Waals surface area contributed by atoms with Crippen molar-refractivity contribution in [2.75, 3.05) is 7.11 Å². The number of allylic oxidation sites excluding steroid dienone is 4. The number of rotatable bonds is 4. The molecule has 3 aromatic carbocycles. The topological polar surface area (TPSA) is 9.23 Å². The van der Waals surface area contributed by atoms with Gasteiger partial charge in [-0.25, -0.2) is 0 Å². The van der Waals surface area contributed by atoms with Crippen molar-refractivity contribution in [3.8, 4) is 28.0 Å². The molecule has 2 aliphatic carbocycles. The van der Waals surface area contributed by atoms with Crippen molar-refractivity contribution in [1.29, 1.82) is 0 Å². The Morgan fingerprint density at radius 1 is 0.943 bits per heavy atom. The van der Waals surface area contributed by atoms with Crippen LogP contribution >= 0.6 is 11.6 Å². The minimum atomic E-state index is -2.78. The molecule has 35 heavy (non-hydrogen) atoms. The third-order valence-corrected chi connectivity index (χ3v) is 13.8. The molecule has 0 aliphatic heterocycles. The van der Waals surface area contributed by atoms with Gasteiger partial charge in [0.2, 0.25) is 0 Å². The monoisotopic (exact) mass is 518 g/mol. The van der Waals surface area contributed by atoms with Gasteiger partial charge in [-0.15, -0.1) is 0 Å². The third kappa shape index (κ3) is 4.06. The Morgan fingerprint density at radius 2 is 1.66 bits per heavy atom. The average Bonchev–Trinajstić information content (AvgIpc) is 3.39. The van der Waals surface area contributed by atoms with E-state index >= 15 is 0 Å². The summed E-state index contributed by atoms with van der Waals surface area (Å²) in [6, 6.07) is 19.7. The molecule has 0 bridgehead atoms. The molecule has 0 radical (unpaired) electrons.